The molecule has 0 radical (unpaired) electrons. The average molecular weight is 520 g/mol. The molecule has 1 aliphatic heterocycles. The van der Waals surface area contributed by atoms with E-state index in [0.29, 0.717) is 13.2 Å². The lowest BCUT2D eigenvalue weighted by atomic mass is 10.1. The molecule has 2 aromatic heterocycles. The van der Waals surface area contributed by atoms with Gasteiger partial charge >= 0.3 is 0 Å². The molecule has 0 saturated carbocycles. The highest BCUT2D eigenvalue weighted by molar-refractivity contribution is 7.13. The Bertz CT molecular complexity index is 1240. The third kappa shape index (κ3) is 7.17. The minimum atomic E-state index is 0.518. The first-order valence-corrected chi connectivity index (χ1v) is 13.4. The van der Waals surface area contributed by atoms with Gasteiger partial charge in [-0.25, -0.2) is 9.97 Å². The van der Waals surface area contributed by atoms with Crippen molar-refractivity contribution in [3.63, 3.8) is 0 Å². The summed E-state index contributed by atoms with van der Waals surface area (Å²) in [5, 5.41) is 3.08. The van der Waals surface area contributed by atoms with Crippen molar-refractivity contribution in [1.82, 2.24) is 19.4 Å². The number of nitrogens with zero attached hydrogens (tertiary/aromatic N) is 5. The highest BCUT2D eigenvalue weighted by atomic mass is 32.1. The summed E-state index contributed by atoms with van der Waals surface area (Å²) in [6.45, 7) is 7.16. The third-order valence-electron chi connectivity index (χ3n) is 6.31. The number of imidazole rings is 1. The van der Waals surface area contributed by atoms with Gasteiger partial charge in [-0.1, -0.05) is 24.3 Å². The Morgan fingerprint density at radius 2 is 1.86 bits per heavy atom. The third-order valence-corrected chi connectivity index (χ3v) is 7.26. The summed E-state index contributed by atoms with van der Waals surface area (Å²) in [4.78, 5) is 13.8. The number of methoxy groups -OCH3 is 1. The molecule has 0 N–H and O–H groups in total. The molecule has 1 saturated heterocycles. The van der Waals surface area contributed by atoms with Crippen LogP contribution >= 0.6 is 11.3 Å². The second kappa shape index (κ2) is 12.8. The smallest absolute Gasteiger partial charge is 0.186 e. The van der Waals surface area contributed by atoms with Crippen LogP contribution in [0, 0.1) is 0 Å². The lowest BCUT2D eigenvalue weighted by Gasteiger charge is -2.26. The molecule has 0 aliphatic carbocycles. The molecule has 0 unspecified atom stereocenters. The molecule has 5 rings (SSSR count). The van der Waals surface area contributed by atoms with Crippen molar-refractivity contribution < 1.29 is 14.2 Å². The van der Waals surface area contributed by atoms with E-state index >= 15 is 0 Å². The molecule has 2 aromatic carbocycles. The predicted octanol–water partition coefficient (Wildman–Crippen LogP) is 4.39. The quantitative estimate of drug-likeness (QED) is 0.257. The molecule has 37 heavy (non-hydrogen) atoms. The molecule has 194 valence electrons. The lowest BCUT2D eigenvalue weighted by Crippen LogP contribution is -2.38. The Labute approximate surface area is 222 Å². The van der Waals surface area contributed by atoms with Crippen molar-refractivity contribution in [2.24, 2.45) is 0 Å². The summed E-state index contributed by atoms with van der Waals surface area (Å²) in [7, 11) is 1.70. The van der Waals surface area contributed by atoms with Gasteiger partial charge in [0.1, 0.15) is 5.75 Å². The maximum Gasteiger partial charge on any atom is 0.186 e. The van der Waals surface area contributed by atoms with Crippen LogP contribution in [0.5, 0.6) is 5.75 Å². The zero-order chi connectivity index (χ0) is 25.3. The van der Waals surface area contributed by atoms with Crippen LogP contribution in [-0.2, 0) is 29.2 Å². The van der Waals surface area contributed by atoms with Crippen LogP contribution in [0.4, 0.5) is 5.13 Å². The first-order valence-electron chi connectivity index (χ1n) is 12.5. The maximum absolute atomic E-state index is 5.96. The molecule has 9 heteroatoms. The van der Waals surface area contributed by atoms with Gasteiger partial charge in [-0.05, 0) is 35.4 Å². The van der Waals surface area contributed by atoms with Gasteiger partial charge < -0.3 is 23.7 Å². The predicted molar refractivity (Wildman–Crippen MR) is 145 cm³/mol. The minimum Gasteiger partial charge on any atom is -0.497 e. The minimum absolute atomic E-state index is 0.518. The molecule has 0 amide bonds. The Hall–Kier alpha value is -3.24. The second-order valence-corrected chi connectivity index (χ2v) is 9.81. The van der Waals surface area contributed by atoms with Crippen LogP contribution in [-0.4, -0.2) is 66.0 Å². The van der Waals surface area contributed by atoms with Gasteiger partial charge in [-0.2, -0.15) is 0 Å². The molecule has 4 aromatic rings. The second-order valence-electron chi connectivity index (χ2n) is 8.98. The zero-order valence-electron chi connectivity index (χ0n) is 21.2. The van der Waals surface area contributed by atoms with Gasteiger partial charge in [0.05, 0.1) is 45.6 Å². The number of anilines is 1. The van der Waals surface area contributed by atoms with E-state index in [2.05, 4.69) is 56.6 Å². The standard InChI is InChI=1S/C28H33N5O3S/c1-34-27-7-3-5-24(17-27)19-33(18-23-4-2-6-26(16-23)32-9-8-29-22-32)28-30-25(21-37-28)20-36-15-12-31-10-13-35-14-11-31/h2-9,16-17,21-22H,10-15,18-20H2,1H3. The SMILES string of the molecule is COc1cccc(CN(Cc2cccc(-n3ccnc3)c2)c2nc(COCCN3CCOCC3)cs2)c1. The van der Waals surface area contributed by atoms with Crippen molar-refractivity contribution in [1.29, 1.82) is 0 Å². The number of morpholine rings is 1. The maximum atomic E-state index is 5.96. The van der Waals surface area contributed by atoms with E-state index in [0.717, 1.165) is 68.2 Å². The number of thiazole rings is 1. The lowest BCUT2D eigenvalue weighted by molar-refractivity contribution is 0.0177. The van der Waals surface area contributed by atoms with Crippen LogP contribution in [0.2, 0.25) is 0 Å². The van der Waals surface area contributed by atoms with Crippen LogP contribution in [0.1, 0.15) is 16.8 Å². The highest BCUT2D eigenvalue weighted by Gasteiger charge is 2.15. The fourth-order valence-electron chi connectivity index (χ4n) is 4.33. The molecule has 1 fully saturated rings. The zero-order valence-corrected chi connectivity index (χ0v) is 22.0. The van der Waals surface area contributed by atoms with Crippen molar-refractivity contribution in [2.75, 3.05) is 51.5 Å². The highest BCUT2D eigenvalue weighted by Crippen LogP contribution is 2.26. The van der Waals surface area contributed by atoms with E-state index in [1.54, 1.807) is 24.6 Å². The first-order chi connectivity index (χ1) is 18.3. The summed E-state index contributed by atoms with van der Waals surface area (Å²) < 4.78 is 18.8. The van der Waals surface area contributed by atoms with E-state index in [-0.39, 0.29) is 0 Å². The Morgan fingerprint density at radius 1 is 1.05 bits per heavy atom. The molecular weight excluding hydrogens is 486 g/mol. The summed E-state index contributed by atoms with van der Waals surface area (Å²) in [6, 6.07) is 16.7. The van der Waals surface area contributed by atoms with Crippen molar-refractivity contribution in [3.05, 3.63) is 89.5 Å². The van der Waals surface area contributed by atoms with Gasteiger partial charge in [0.25, 0.3) is 0 Å². The molecule has 1 aliphatic rings. The van der Waals surface area contributed by atoms with Crippen LogP contribution in [0.15, 0.2) is 72.6 Å². The van der Waals surface area contributed by atoms with E-state index in [9.17, 15) is 0 Å². The van der Waals surface area contributed by atoms with E-state index in [4.69, 9.17) is 19.2 Å². The normalized spacial score (nSPS) is 14.1. The number of ether oxygens (including phenoxy) is 3. The van der Waals surface area contributed by atoms with Gasteiger partial charge in [-0.3, -0.25) is 4.90 Å². The van der Waals surface area contributed by atoms with Gasteiger partial charge in [0.15, 0.2) is 5.13 Å². The Balaban J connectivity index is 1.28. The number of rotatable bonds is 12. The van der Waals surface area contributed by atoms with Gasteiger partial charge in [0.2, 0.25) is 0 Å². The summed E-state index contributed by atoms with van der Waals surface area (Å²) in [6.07, 6.45) is 5.57. The molecule has 8 nitrogen and oxygen atoms in total. The van der Waals surface area contributed by atoms with E-state index in [1.165, 1.54) is 11.1 Å². The van der Waals surface area contributed by atoms with E-state index in [1.807, 2.05) is 29.2 Å². The van der Waals surface area contributed by atoms with Crippen molar-refractivity contribution >= 4 is 16.5 Å². The molecule has 3 heterocycles. The van der Waals surface area contributed by atoms with Crippen molar-refractivity contribution in [3.8, 4) is 11.4 Å². The topological polar surface area (TPSA) is 64.9 Å². The van der Waals surface area contributed by atoms with Gasteiger partial charge in [0, 0.05) is 56.2 Å². The monoisotopic (exact) mass is 519 g/mol. The molecule has 0 atom stereocenters. The van der Waals surface area contributed by atoms with Crippen LogP contribution in [0.3, 0.4) is 0 Å². The molecular formula is C28H33N5O3S. The van der Waals surface area contributed by atoms with Crippen LogP contribution in [0.25, 0.3) is 5.69 Å². The Morgan fingerprint density at radius 3 is 2.65 bits per heavy atom. The first kappa shape index (κ1) is 25.4. The number of hydrogen-bond acceptors (Lipinski definition) is 8. The molecule has 0 spiro atoms. The van der Waals surface area contributed by atoms with Crippen molar-refractivity contribution in [2.45, 2.75) is 19.7 Å². The summed E-state index contributed by atoms with van der Waals surface area (Å²) in [5.41, 5.74) is 4.42. The fraction of sp³-hybridized carbons (Fsp3) is 0.357. The summed E-state index contributed by atoms with van der Waals surface area (Å²) in [5.74, 6) is 0.855. The summed E-state index contributed by atoms with van der Waals surface area (Å²) >= 11 is 1.66. The van der Waals surface area contributed by atoms with E-state index < -0.39 is 0 Å². The number of benzene rings is 2. The van der Waals surface area contributed by atoms with Gasteiger partial charge in [-0.15, -0.1) is 11.3 Å². The largest absolute Gasteiger partial charge is 0.497 e. The molecule has 0 bridgehead atoms. The van der Waals surface area contributed by atoms with Crippen LogP contribution < -0.4 is 9.64 Å². The fourth-order valence-corrected chi connectivity index (χ4v) is 5.14. The Kier molecular flexibility index (Phi) is 8.81. The number of hydrogen-bond donors (Lipinski definition) is 0. The average Bonchev–Trinajstić information content (AvgIpc) is 3.65. The number of aromatic nitrogens is 3.